The zero-order chi connectivity index (χ0) is 16.6. The molecule has 2 aromatic rings. The van der Waals surface area contributed by atoms with Crippen molar-refractivity contribution in [2.75, 3.05) is 0 Å². The van der Waals surface area contributed by atoms with Crippen molar-refractivity contribution in [2.24, 2.45) is 0 Å². The molecule has 3 N–H and O–H groups in total. The van der Waals surface area contributed by atoms with E-state index in [1.54, 1.807) is 37.3 Å². The van der Waals surface area contributed by atoms with E-state index in [1.165, 1.54) is 6.07 Å². The number of aromatic carboxylic acids is 1. The minimum absolute atomic E-state index is 0.253. The van der Waals surface area contributed by atoms with Crippen molar-refractivity contribution < 1.29 is 19.1 Å². The summed E-state index contributed by atoms with van der Waals surface area (Å²) in [5, 5.41) is 14.5. The molecule has 0 aliphatic carbocycles. The fourth-order valence-corrected chi connectivity index (χ4v) is 2.47. The summed E-state index contributed by atoms with van der Waals surface area (Å²) < 4.78 is 5.68. The van der Waals surface area contributed by atoms with Crippen LogP contribution in [0.2, 0.25) is 0 Å². The first kappa shape index (κ1) is 15.0. The second kappa shape index (κ2) is 5.69. The Bertz CT molecular complexity index is 867. The average Bonchev–Trinajstić information content (AvgIpc) is 3.06. The van der Waals surface area contributed by atoms with Gasteiger partial charge in [0, 0.05) is 11.6 Å². The smallest absolute Gasteiger partial charge is 0.335 e. The summed E-state index contributed by atoms with van der Waals surface area (Å²) in [5.41, 5.74) is 1.97. The van der Waals surface area contributed by atoms with Gasteiger partial charge in [-0.1, -0.05) is 6.07 Å². The molecule has 2 heterocycles. The van der Waals surface area contributed by atoms with Crippen molar-refractivity contribution in [3.63, 3.8) is 0 Å². The van der Waals surface area contributed by atoms with Gasteiger partial charge in [-0.25, -0.2) is 4.79 Å². The number of benzene rings is 1. The number of nitrogens with one attached hydrogen (secondary N) is 2. The maximum Gasteiger partial charge on any atom is 0.335 e. The molecule has 0 bridgehead atoms. The van der Waals surface area contributed by atoms with Crippen LogP contribution in [-0.2, 0) is 4.79 Å². The lowest BCUT2D eigenvalue weighted by molar-refractivity contribution is -0.115. The van der Waals surface area contributed by atoms with Gasteiger partial charge >= 0.3 is 5.97 Å². The van der Waals surface area contributed by atoms with E-state index in [1.807, 2.05) is 0 Å². The molecule has 3 rings (SSSR count). The molecule has 23 heavy (non-hydrogen) atoms. The highest BCUT2D eigenvalue weighted by molar-refractivity contribution is 7.80. The third kappa shape index (κ3) is 3.00. The van der Waals surface area contributed by atoms with Crippen LogP contribution in [-0.4, -0.2) is 22.1 Å². The van der Waals surface area contributed by atoms with Crippen molar-refractivity contribution in [2.45, 2.75) is 6.92 Å². The van der Waals surface area contributed by atoms with E-state index in [2.05, 4.69) is 10.6 Å². The monoisotopic (exact) mass is 328 g/mol. The highest BCUT2D eigenvalue weighted by atomic mass is 32.1. The number of carbonyl (C=O) groups is 2. The van der Waals surface area contributed by atoms with Gasteiger partial charge < -0.3 is 14.8 Å². The summed E-state index contributed by atoms with van der Waals surface area (Å²) in [6, 6.07) is 8.45. The summed E-state index contributed by atoms with van der Waals surface area (Å²) in [6.07, 6.45) is 1.55. The van der Waals surface area contributed by atoms with Gasteiger partial charge in [-0.05, 0) is 49.0 Å². The number of hydrogen-bond donors (Lipinski definition) is 3. The van der Waals surface area contributed by atoms with Gasteiger partial charge in [0.15, 0.2) is 5.11 Å². The molecular formula is C16H12N2O4S. The zero-order valence-corrected chi connectivity index (χ0v) is 12.9. The predicted octanol–water partition coefficient (Wildman–Crippen LogP) is 2.30. The van der Waals surface area contributed by atoms with Crippen molar-refractivity contribution in [1.29, 1.82) is 0 Å². The molecular weight excluding hydrogens is 316 g/mol. The first-order valence-corrected chi connectivity index (χ1v) is 7.13. The maximum atomic E-state index is 11.6. The van der Waals surface area contributed by atoms with Crippen LogP contribution in [0, 0.1) is 6.92 Å². The van der Waals surface area contributed by atoms with Gasteiger partial charge in [-0.2, -0.15) is 0 Å². The third-order valence-electron chi connectivity index (χ3n) is 3.37. The highest BCUT2D eigenvalue weighted by Gasteiger charge is 2.20. The van der Waals surface area contributed by atoms with Gasteiger partial charge in [-0.15, -0.1) is 0 Å². The lowest BCUT2D eigenvalue weighted by Crippen LogP contribution is -2.21. The molecule has 0 spiro atoms. The molecule has 0 atom stereocenters. The first-order chi connectivity index (χ1) is 10.9. The Hall–Kier alpha value is -2.93. The van der Waals surface area contributed by atoms with E-state index in [0.29, 0.717) is 22.8 Å². The van der Waals surface area contributed by atoms with Gasteiger partial charge in [0.05, 0.1) is 5.56 Å². The van der Waals surface area contributed by atoms with E-state index < -0.39 is 5.97 Å². The van der Waals surface area contributed by atoms with Crippen LogP contribution in [0.3, 0.4) is 0 Å². The van der Waals surface area contributed by atoms with Gasteiger partial charge in [0.1, 0.15) is 17.2 Å². The Morgan fingerprint density at radius 1 is 1.26 bits per heavy atom. The number of furan rings is 1. The summed E-state index contributed by atoms with van der Waals surface area (Å²) >= 11 is 4.86. The Morgan fingerprint density at radius 3 is 2.65 bits per heavy atom. The van der Waals surface area contributed by atoms with Crippen LogP contribution in [0.4, 0.5) is 0 Å². The number of thiocarbonyl (C=S) groups is 1. The van der Waals surface area contributed by atoms with E-state index >= 15 is 0 Å². The van der Waals surface area contributed by atoms with Gasteiger partial charge in [0.25, 0.3) is 5.91 Å². The second-order valence-electron chi connectivity index (χ2n) is 5.00. The number of carboxylic acids is 1. The molecule has 1 amide bonds. The van der Waals surface area contributed by atoms with Crippen LogP contribution >= 0.6 is 12.2 Å². The Kier molecular flexibility index (Phi) is 3.71. The van der Waals surface area contributed by atoms with Crippen LogP contribution in [0.1, 0.15) is 21.7 Å². The largest absolute Gasteiger partial charge is 0.478 e. The van der Waals surface area contributed by atoms with E-state index in [-0.39, 0.29) is 16.6 Å². The topological polar surface area (TPSA) is 91.6 Å². The van der Waals surface area contributed by atoms with Crippen LogP contribution < -0.4 is 10.6 Å². The second-order valence-corrected chi connectivity index (χ2v) is 5.41. The predicted molar refractivity (Wildman–Crippen MR) is 87.7 cm³/mol. The molecule has 1 fully saturated rings. The molecule has 1 aromatic carbocycles. The summed E-state index contributed by atoms with van der Waals surface area (Å²) in [6.45, 7) is 1.73. The van der Waals surface area contributed by atoms with Crippen molar-refractivity contribution in [1.82, 2.24) is 10.6 Å². The molecule has 6 nitrogen and oxygen atoms in total. The summed E-state index contributed by atoms with van der Waals surface area (Å²) in [7, 11) is 0. The lowest BCUT2D eigenvalue weighted by atomic mass is 10.0. The molecule has 1 aliphatic rings. The normalized spacial score (nSPS) is 15.6. The molecule has 7 heteroatoms. The summed E-state index contributed by atoms with van der Waals surface area (Å²) in [4.78, 5) is 22.6. The minimum atomic E-state index is -0.965. The Labute approximate surface area is 136 Å². The van der Waals surface area contributed by atoms with E-state index in [9.17, 15) is 9.59 Å². The standard InChI is InChI=1S/C16H12N2O4S/c1-8-6-9(2-4-11(8)15(20)21)13-5-3-10(22-13)7-12-14(19)18-16(23)17-12/h2-7H,1H3,(H,20,21)(H2,17,18,19,23)/b12-7+. The van der Waals surface area contributed by atoms with Crippen LogP contribution in [0.15, 0.2) is 40.4 Å². The van der Waals surface area contributed by atoms with E-state index in [0.717, 1.165) is 5.56 Å². The molecule has 0 radical (unpaired) electrons. The lowest BCUT2D eigenvalue weighted by Gasteiger charge is -2.03. The molecule has 1 saturated heterocycles. The fourth-order valence-electron chi connectivity index (χ4n) is 2.27. The highest BCUT2D eigenvalue weighted by Crippen LogP contribution is 2.25. The number of carboxylic acid groups (broad SMARTS) is 1. The number of carbonyl (C=O) groups excluding carboxylic acids is 1. The minimum Gasteiger partial charge on any atom is -0.478 e. The SMILES string of the molecule is Cc1cc(-c2ccc(/C=C3/NC(=S)NC3=O)o2)ccc1C(=O)O. The molecule has 1 aromatic heterocycles. The van der Waals surface area contributed by atoms with Crippen molar-refractivity contribution in [3.8, 4) is 11.3 Å². The molecule has 0 unspecified atom stereocenters. The fraction of sp³-hybridized carbons (Fsp3) is 0.0625. The van der Waals surface area contributed by atoms with Crippen LogP contribution in [0.25, 0.3) is 17.4 Å². The Balaban J connectivity index is 1.89. The van der Waals surface area contributed by atoms with Crippen molar-refractivity contribution >= 4 is 35.3 Å². The summed E-state index contributed by atoms with van der Waals surface area (Å²) in [5.74, 6) is -0.206. The van der Waals surface area contributed by atoms with Gasteiger partial charge in [0.2, 0.25) is 0 Å². The third-order valence-corrected chi connectivity index (χ3v) is 3.58. The van der Waals surface area contributed by atoms with Crippen molar-refractivity contribution in [3.05, 3.63) is 52.9 Å². The van der Waals surface area contributed by atoms with E-state index in [4.69, 9.17) is 21.7 Å². The number of aryl methyl sites for hydroxylation is 1. The molecule has 1 aliphatic heterocycles. The number of rotatable bonds is 3. The number of amides is 1. The van der Waals surface area contributed by atoms with Gasteiger partial charge in [-0.3, -0.25) is 10.1 Å². The molecule has 116 valence electrons. The van der Waals surface area contributed by atoms with Crippen LogP contribution in [0.5, 0.6) is 0 Å². The first-order valence-electron chi connectivity index (χ1n) is 6.72. The quantitative estimate of drug-likeness (QED) is 0.591. The Morgan fingerprint density at radius 2 is 2.04 bits per heavy atom. The number of hydrogen-bond acceptors (Lipinski definition) is 4. The maximum absolute atomic E-state index is 11.6. The molecule has 0 saturated carbocycles. The zero-order valence-electron chi connectivity index (χ0n) is 12.0. The average molecular weight is 328 g/mol.